The van der Waals surface area contributed by atoms with Gasteiger partial charge >= 0.3 is 12.0 Å². The van der Waals surface area contributed by atoms with Crippen LogP contribution in [0.3, 0.4) is 0 Å². The molecule has 1 fully saturated rings. The van der Waals surface area contributed by atoms with E-state index in [-0.39, 0.29) is 11.8 Å². The zero-order valence-corrected chi connectivity index (χ0v) is 19.4. The van der Waals surface area contributed by atoms with Crippen molar-refractivity contribution in [2.75, 3.05) is 33.5 Å². The maximum atomic E-state index is 13.1. The summed E-state index contributed by atoms with van der Waals surface area (Å²) < 4.78 is 26.3. The highest BCUT2D eigenvalue weighted by atomic mass is 32.2. The van der Waals surface area contributed by atoms with Gasteiger partial charge in [-0.25, -0.2) is 18.2 Å². The second-order valence-corrected chi connectivity index (χ2v) is 11.3. The maximum absolute atomic E-state index is 13.1. The van der Waals surface area contributed by atoms with Gasteiger partial charge in [-0.3, -0.25) is 19.7 Å². The molecular weight excluding hydrogens is 460 g/mol. The van der Waals surface area contributed by atoms with Crippen LogP contribution >= 0.6 is 23.1 Å². The summed E-state index contributed by atoms with van der Waals surface area (Å²) in [7, 11) is -3.44. The third-order valence-corrected chi connectivity index (χ3v) is 7.36. The molecule has 1 aromatic carbocycles. The van der Waals surface area contributed by atoms with Gasteiger partial charge in [-0.05, 0) is 37.0 Å². The number of anilines is 3. The van der Waals surface area contributed by atoms with Gasteiger partial charge in [-0.2, -0.15) is 0 Å². The van der Waals surface area contributed by atoms with E-state index in [9.17, 15) is 18.0 Å². The van der Waals surface area contributed by atoms with Crippen LogP contribution in [0.2, 0.25) is 0 Å². The zero-order valence-electron chi connectivity index (χ0n) is 16.9. The lowest BCUT2D eigenvalue weighted by atomic mass is 10.1. The van der Waals surface area contributed by atoms with Crippen LogP contribution in [0.5, 0.6) is 0 Å². The molecule has 1 saturated carbocycles. The number of rotatable bonds is 9. The van der Waals surface area contributed by atoms with Gasteiger partial charge in [-0.1, -0.05) is 30.2 Å². The fourth-order valence-electron chi connectivity index (χ4n) is 3.38. The predicted molar refractivity (Wildman–Crippen MR) is 124 cm³/mol. The first-order chi connectivity index (χ1) is 14.7. The number of amides is 2. The minimum absolute atomic E-state index is 0.0798. The second-order valence-electron chi connectivity index (χ2n) is 7.28. The Balaban J connectivity index is 1.77. The predicted octanol–water partition coefficient (Wildman–Crippen LogP) is 3.92. The van der Waals surface area contributed by atoms with Crippen molar-refractivity contribution in [2.45, 2.75) is 29.9 Å². The number of carboxylic acid groups (broad SMARTS) is 1. The average molecular weight is 485 g/mol. The van der Waals surface area contributed by atoms with Crippen LogP contribution in [0.25, 0.3) is 0 Å². The SMILES string of the molecule is CS(=O)(=O)Nc1cccc(N(CC2CCCC2)C(=O)Nc2ncc(SCC(=O)O)s2)c1. The number of nitrogens with one attached hydrogen (secondary N) is 2. The Morgan fingerprint density at radius 2 is 2.06 bits per heavy atom. The summed E-state index contributed by atoms with van der Waals surface area (Å²) in [6.45, 7) is 0.514. The first kappa shape index (κ1) is 23.4. The number of aromatic nitrogens is 1. The third kappa shape index (κ3) is 7.40. The van der Waals surface area contributed by atoms with Crippen LogP contribution in [-0.2, 0) is 14.8 Å². The number of benzene rings is 1. The molecule has 1 aromatic heterocycles. The summed E-state index contributed by atoms with van der Waals surface area (Å²) in [6.07, 6.45) is 6.95. The van der Waals surface area contributed by atoms with E-state index in [4.69, 9.17) is 5.11 Å². The summed E-state index contributed by atoms with van der Waals surface area (Å²) in [4.78, 5) is 29.6. The summed E-state index contributed by atoms with van der Waals surface area (Å²) in [5.74, 6) is -0.631. The standard InChI is InChI=1S/C19H24N4O5S3/c1-31(27,28)22-14-7-4-8-15(9-14)23(11-13-5-2-3-6-13)19(26)21-18-20-10-17(30-18)29-12-16(24)25/h4,7-10,13,22H,2-3,5-6,11-12H2,1H3,(H,24,25)(H,20,21,26). The number of nitrogens with zero attached hydrogens (tertiary/aromatic N) is 2. The summed E-state index contributed by atoms with van der Waals surface area (Å²) >= 11 is 2.35. The Morgan fingerprint density at radius 1 is 1.32 bits per heavy atom. The van der Waals surface area contributed by atoms with Gasteiger partial charge in [0.15, 0.2) is 5.13 Å². The van der Waals surface area contributed by atoms with Crippen molar-refractivity contribution in [3.63, 3.8) is 0 Å². The van der Waals surface area contributed by atoms with Crippen molar-refractivity contribution >= 4 is 61.6 Å². The number of aliphatic carboxylic acids is 1. The Morgan fingerprint density at radius 3 is 2.74 bits per heavy atom. The highest BCUT2D eigenvalue weighted by Crippen LogP contribution is 2.31. The molecule has 0 saturated heterocycles. The van der Waals surface area contributed by atoms with Crippen molar-refractivity contribution in [1.82, 2.24) is 4.98 Å². The molecule has 2 amide bonds. The molecule has 2 aromatic rings. The van der Waals surface area contributed by atoms with Crippen LogP contribution in [0.15, 0.2) is 34.7 Å². The van der Waals surface area contributed by atoms with E-state index in [0.717, 1.165) is 43.7 Å². The van der Waals surface area contributed by atoms with Gasteiger partial charge in [0.05, 0.1) is 28.1 Å². The molecule has 3 N–H and O–H groups in total. The maximum Gasteiger partial charge on any atom is 0.328 e. The van der Waals surface area contributed by atoms with E-state index < -0.39 is 16.0 Å². The molecule has 1 heterocycles. The quantitative estimate of drug-likeness (QED) is 0.460. The Hall–Kier alpha value is -2.31. The number of carbonyl (C=O) groups is 2. The number of carboxylic acids is 1. The molecule has 9 nitrogen and oxygen atoms in total. The van der Waals surface area contributed by atoms with Gasteiger partial charge < -0.3 is 5.11 Å². The Kier molecular flexibility index (Phi) is 7.79. The average Bonchev–Trinajstić information content (AvgIpc) is 3.35. The molecule has 0 unspecified atom stereocenters. The fourth-order valence-corrected chi connectivity index (χ4v) is 5.52. The van der Waals surface area contributed by atoms with Crippen LogP contribution < -0.4 is 14.9 Å². The number of thioether (sulfide) groups is 1. The molecule has 0 aliphatic heterocycles. The lowest BCUT2D eigenvalue weighted by Crippen LogP contribution is -2.38. The normalized spacial score (nSPS) is 14.4. The van der Waals surface area contributed by atoms with E-state index in [0.29, 0.717) is 33.2 Å². The van der Waals surface area contributed by atoms with Gasteiger partial charge in [0, 0.05) is 12.2 Å². The number of hydrogen-bond donors (Lipinski definition) is 3. The van der Waals surface area contributed by atoms with E-state index in [1.807, 2.05) is 0 Å². The highest BCUT2D eigenvalue weighted by molar-refractivity contribution is 8.01. The molecular formula is C19H24N4O5S3. The number of thiazole rings is 1. The largest absolute Gasteiger partial charge is 0.481 e. The lowest BCUT2D eigenvalue weighted by Gasteiger charge is -2.26. The molecule has 0 bridgehead atoms. The number of carbonyl (C=O) groups excluding carboxylic acids is 1. The third-order valence-electron chi connectivity index (χ3n) is 4.66. The molecule has 0 radical (unpaired) electrons. The molecule has 0 atom stereocenters. The van der Waals surface area contributed by atoms with Gasteiger partial charge in [0.25, 0.3) is 0 Å². The minimum atomic E-state index is -3.44. The first-order valence-electron chi connectivity index (χ1n) is 9.66. The second kappa shape index (κ2) is 10.3. The van der Waals surface area contributed by atoms with Crippen molar-refractivity contribution in [2.24, 2.45) is 5.92 Å². The van der Waals surface area contributed by atoms with E-state index in [1.165, 1.54) is 17.5 Å². The molecule has 3 rings (SSSR count). The summed E-state index contributed by atoms with van der Waals surface area (Å²) in [5, 5.41) is 12.0. The van der Waals surface area contributed by atoms with Crippen molar-refractivity contribution < 1.29 is 23.1 Å². The highest BCUT2D eigenvalue weighted by Gasteiger charge is 2.24. The van der Waals surface area contributed by atoms with Crippen molar-refractivity contribution in [3.05, 3.63) is 30.5 Å². The smallest absolute Gasteiger partial charge is 0.328 e. The first-order valence-corrected chi connectivity index (χ1v) is 13.4. The van der Waals surface area contributed by atoms with E-state index in [1.54, 1.807) is 29.2 Å². The molecule has 1 aliphatic rings. The zero-order chi connectivity index (χ0) is 22.4. The van der Waals surface area contributed by atoms with Crippen LogP contribution in [0.1, 0.15) is 25.7 Å². The monoisotopic (exact) mass is 484 g/mol. The van der Waals surface area contributed by atoms with E-state index in [2.05, 4.69) is 15.0 Å². The molecule has 12 heteroatoms. The molecule has 1 aliphatic carbocycles. The molecule has 168 valence electrons. The molecule has 0 spiro atoms. The number of urea groups is 1. The number of sulfonamides is 1. The van der Waals surface area contributed by atoms with Crippen molar-refractivity contribution in [1.29, 1.82) is 0 Å². The summed E-state index contributed by atoms with van der Waals surface area (Å²) in [6, 6.07) is 6.35. The van der Waals surface area contributed by atoms with Crippen LogP contribution in [-0.4, -0.2) is 49.1 Å². The summed E-state index contributed by atoms with van der Waals surface area (Å²) in [5.41, 5.74) is 0.959. The van der Waals surface area contributed by atoms with Crippen molar-refractivity contribution in [3.8, 4) is 0 Å². The van der Waals surface area contributed by atoms with E-state index >= 15 is 0 Å². The van der Waals surface area contributed by atoms with Crippen LogP contribution in [0.4, 0.5) is 21.3 Å². The minimum Gasteiger partial charge on any atom is -0.481 e. The van der Waals surface area contributed by atoms with Gasteiger partial charge in [-0.15, -0.1) is 11.8 Å². The van der Waals surface area contributed by atoms with Gasteiger partial charge in [0.2, 0.25) is 10.0 Å². The fraction of sp³-hybridized carbons (Fsp3) is 0.421. The van der Waals surface area contributed by atoms with Crippen LogP contribution in [0, 0.1) is 5.92 Å². The number of hydrogen-bond acceptors (Lipinski definition) is 7. The topological polar surface area (TPSA) is 129 Å². The Labute approximate surface area is 189 Å². The van der Waals surface area contributed by atoms with Gasteiger partial charge in [0.1, 0.15) is 0 Å². The lowest BCUT2D eigenvalue weighted by molar-refractivity contribution is -0.133. The Bertz CT molecular complexity index is 1030. The molecule has 31 heavy (non-hydrogen) atoms.